The number of amides is 1. The molecule has 1 aromatic heterocycles. The maximum absolute atomic E-state index is 11.8. The van der Waals surface area contributed by atoms with Crippen LogP contribution in [0.15, 0.2) is 12.1 Å². The van der Waals surface area contributed by atoms with E-state index >= 15 is 0 Å². The second kappa shape index (κ2) is 5.17. The van der Waals surface area contributed by atoms with Gasteiger partial charge in [-0.05, 0) is 26.0 Å². The van der Waals surface area contributed by atoms with Gasteiger partial charge in [0.05, 0.1) is 10.9 Å². The lowest BCUT2D eigenvalue weighted by Gasteiger charge is -2.22. The third-order valence-corrected chi connectivity index (χ3v) is 3.27. The van der Waals surface area contributed by atoms with E-state index in [1.54, 1.807) is 11.9 Å². The second-order valence-electron chi connectivity index (χ2n) is 4.62. The molecule has 0 unspecified atom stereocenters. The molecule has 0 saturated heterocycles. The van der Waals surface area contributed by atoms with Crippen molar-refractivity contribution in [2.24, 2.45) is 5.73 Å². The van der Waals surface area contributed by atoms with Gasteiger partial charge in [0.2, 0.25) is 5.91 Å². The second-order valence-corrected chi connectivity index (χ2v) is 6.42. The summed E-state index contributed by atoms with van der Waals surface area (Å²) in [6.07, 6.45) is 0.350. The molecule has 1 heterocycles. The molecular formula is C11H17ClN2OS. The zero-order valence-corrected chi connectivity index (χ0v) is 11.4. The highest BCUT2D eigenvalue weighted by Crippen LogP contribution is 2.22. The molecule has 90 valence electrons. The fraction of sp³-hybridized carbons (Fsp3) is 0.545. The molecule has 1 amide bonds. The summed E-state index contributed by atoms with van der Waals surface area (Å²) in [4.78, 5) is 14.5. The van der Waals surface area contributed by atoms with Gasteiger partial charge >= 0.3 is 0 Å². The van der Waals surface area contributed by atoms with Crippen LogP contribution in [0.5, 0.6) is 0 Å². The average Bonchev–Trinajstić information content (AvgIpc) is 2.48. The first-order valence-corrected chi connectivity index (χ1v) is 6.24. The van der Waals surface area contributed by atoms with E-state index in [0.717, 1.165) is 9.21 Å². The van der Waals surface area contributed by atoms with Crippen molar-refractivity contribution in [3.8, 4) is 0 Å². The molecule has 16 heavy (non-hydrogen) atoms. The van der Waals surface area contributed by atoms with Crippen molar-refractivity contribution in [3.05, 3.63) is 21.3 Å². The number of hydrogen-bond donors (Lipinski definition) is 1. The van der Waals surface area contributed by atoms with Gasteiger partial charge in [-0.25, -0.2) is 0 Å². The first-order chi connectivity index (χ1) is 7.28. The van der Waals surface area contributed by atoms with E-state index in [1.807, 2.05) is 26.0 Å². The molecule has 5 heteroatoms. The van der Waals surface area contributed by atoms with Crippen LogP contribution < -0.4 is 5.73 Å². The number of halogens is 1. The Labute approximate surface area is 105 Å². The number of carbonyl (C=O) groups excluding carboxylic acids is 1. The molecule has 2 N–H and O–H groups in total. The van der Waals surface area contributed by atoms with Crippen LogP contribution in [0.2, 0.25) is 4.34 Å². The van der Waals surface area contributed by atoms with Crippen LogP contribution in [-0.2, 0) is 11.3 Å². The van der Waals surface area contributed by atoms with Gasteiger partial charge in [0, 0.05) is 23.9 Å². The summed E-state index contributed by atoms with van der Waals surface area (Å²) in [5.41, 5.74) is 5.35. The normalized spacial score (nSPS) is 11.6. The van der Waals surface area contributed by atoms with Crippen molar-refractivity contribution in [2.75, 3.05) is 7.05 Å². The summed E-state index contributed by atoms with van der Waals surface area (Å²) in [7, 11) is 1.78. The predicted molar refractivity (Wildman–Crippen MR) is 68.7 cm³/mol. The monoisotopic (exact) mass is 260 g/mol. The fourth-order valence-corrected chi connectivity index (χ4v) is 2.42. The molecule has 1 aromatic rings. The molecule has 0 aromatic carbocycles. The Morgan fingerprint density at radius 2 is 2.19 bits per heavy atom. The van der Waals surface area contributed by atoms with Crippen LogP contribution in [0.3, 0.4) is 0 Å². The summed E-state index contributed by atoms with van der Waals surface area (Å²) >= 11 is 7.32. The minimum atomic E-state index is -0.460. The molecule has 0 radical (unpaired) electrons. The Morgan fingerprint density at radius 3 is 2.62 bits per heavy atom. The van der Waals surface area contributed by atoms with Crippen LogP contribution in [-0.4, -0.2) is 23.4 Å². The van der Waals surface area contributed by atoms with E-state index < -0.39 is 5.54 Å². The average molecular weight is 261 g/mol. The number of nitrogens with zero attached hydrogens (tertiary/aromatic N) is 1. The first kappa shape index (κ1) is 13.5. The number of rotatable bonds is 4. The summed E-state index contributed by atoms with van der Waals surface area (Å²) in [6.45, 7) is 4.29. The quantitative estimate of drug-likeness (QED) is 0.904. The number of thiophene rings is 1. The van der Waals surface area contributed by atoms with E-state index in [-0.39, 0.29) is 5.91 Å². The third-order valence-electron chi connectivity index (χ3n) is 2.05. The maximum Gasteiger partial charge on any atom is 0.224 e. The van der Waals surface area contributed by atoms with Gasteiger partial charge in [-0.2, -0.15) is 0 Å². The summed E-state index contributed by atoms with van der Waals surface area (Å²) in [5.74, 6) is 0.0528. The SMILES string of the molecule is CN(Cc1ccc(Cl)s1)C(=O)CC(C)(C)N. The van der Waals surface area contributed by atoms with Crippen LogP contribution in [0.4, 0.5) is 0 Å². The maximum atomic E-state index is 11.8. The molecule has 1 rings (SSSR count). The Balaban J connectivity index is 2.52. The lowest BCUT2D eigenvalue weighted by atomic mass is 10.0. The van der Waals surface area contributed by atoms with Gasteiger partial charge in [-0.15, -0.1) is 11.3 Å². The molecule has 0 bridgehead atoms. The minimum Gasteiger partial charge on any atom is -0.341 e. The van der Waals surface area contributed by atoms with Gasteiger partial charge < -0.3 is 10.6 Å². The lowest BCUT2D eigenvalue weighted by molar-refractivity contribution is -0.131. The van der Waals surface area contributed by atoms with Crippen molar-refractivity contribution in [1.82, 2.24) is 4.90 Å². The van der Waals surface area contributed by atoms with E-state index in [0.29, 0.717) is 13.0 Å². The minimum absolute atomic E-state index is 0.0528. The van der Waals surface area contributed by atoms with Gasteiger partial charge in [-0.3, -0.25) is 4.79 Å². The lowest BCUT2D eigenvalue weighted by Crippen LogP contribution is -2.39. The zero-order valence-electron chi connectivity index (χ0n) is 9.79. The van der Waals surface area contributed by atoms with Gasteiger partial charge in [-0.1, -0.05) is 11.6 Å². The standard InChI is InChI=1S/C11H17ClN2OS/c1-11(2,13)6-10(15)14(3)7-8-4-5-9(12)16-8/h4-5H,6-7,13H2,1-3H3. The van der Waals surface area contributed by atoms with Crippen LogP contribution in [0.25, 0.3) is 0 Å². The number of hydrogen-bond acceptors (Lipinski definition) is 3. The zero-order chi connectivity index (χ0) is 12.3. The topological polar surface area (TPSA) is 46.3 Å². The van der Waals surface area contributed by atoms with Crippen molar-refractivity contribution in [2.45, 2.75) is 32.4 Å². The van der Waals surface area contributed by atoms with Crippen LogP contribution >= 0.6 is 22.9 Å². The van der Waals surface area contributed by atoms with Crippen molar-refractivity contribution in [3.63, 3.8) is 0 Å². The molecule has 0 fully saturated rings. The van der Waals surface area contributed by atoms with E-state index in [1.165, 1.54) is 11.3 Å². The van der Waals surface area contributed by atoms with Crippen molar-refractivity contribution >= 4 is 28.8 Å². The summed E-state index contributed by atoms with van der Waals surface area (Å²) < 4.78 is 0.745. The largest absolute Gasteiger partial charge is 0.341 e. The Kier molecular flexibility index (Phi) is 4.35. The summed E-state index contributed by atoms with van der Waals surface area (Å²) in [5, 5.41) is 0. The van der Waals surface area contributed by atoms with Gasteiger partial charge in [0.1, 0.15) is 0 Å². The molecule has 0 aliphatic carbocycles. The molecule has 3 nitrogen and oxygen atoms in total. The van der Waals surface area contributed by atoms with E-state index in [4.69, 9.17) is 17.3 Å². The highest BCUT2D eigenvalue weighted by atomic mass is 35.5. The predicted octanol–water partition coefficient (Wildman–Crippen LogP) is 2.49. The number of nitrogens with two attached hydrogens (primary N) is 1. The van der Waals surface area contributed by atoms with Crippen molar-refractivity contribution in [1.29, 1.82) is 0 Å². The van der Waals surface area contributed by atoms with Crippen LogP contribution in [0, 0.1) is 0 Å². The van der Waals surface area contributed by atoms with Gasteiger partial charge in [0.15, 0.2) is 0 Å². The molecule has 0 atom stereocenters. The Hall–Kier alpha value is -0.580. The Morgan fingerprint density at radius 1 is 1.56 bits per heavy atom. The first-order valence-electron chi connectivity index (χ1n) is 5.05. The van der Waals surface area contributed by atoms with Crippen LogP contribution in [0.1, 0.15) is 25.1 Å². The van der Waals surface area contributed by atoms with E-state index in [9.17, 15) is 4.79 Å². The third kappa shape index (κ3) is 4.51. The smallest absolute Gasteiger partial charge is 0.224 e. The Bertz CT molecular complexity index is 370. The highest BCUT2D eigenvalue weighted by Gasteiger charge is 2.19. The van der Waals surface area contributed by atoms with Crippen molar-refractivity contribution < 1.29 is 4.79 Å². The molecular weight excluding hydrogens is 244 g/mol. The molecule has 0 saturated carbocycles. The summed E-state index contributed by atoms with van der Waals surface area (Å²) in [6, 6.07) is 3.77. The number of carbonyl (C=O) groups is 1. The molecule has 0 spiro atoms. The van der Waals surface area contributed by atoms with Gasteiger partial charge in [0.25, 0.3) is 0 Å². The fourth-order valence-electron chi connectivity index (χ4n) is 1.28. The molecule has 0 aliphatic heterocycles. The molecule has 0 aliphatic rings. The highest BCUT2D eigenvalue weighted by molar-refractivity contribution is 7.16. The van der Waals surface area contributed by atoms with E-state index in [2.05, 4.69) is 0 Å².